The van der Waals surface area contributed by atoms with Crippen molar-refractivity contribution >= 4 is 34.0 Å². The van der Waals surface area contributed by atoms with Gasteiger partial charge in [-0.3, -0.25) is 4.79 Å². The predicted molar refractivity (Wildman–Crippen MR) is 134 cm³/mol. The van der Waals surface area contributed by atoms with E-state index in [0.717, 1.165) is 36.8 Å². The number of halogens is 1. The maximum atomic E-state index is 13.2. The Morgan fingerprint density at radius 3 is 2.76 bits per heavy atom. The fourth-order valence-corrected chi connectivity index (χ4v) is 6.34. The van der Waals surface area contributed by atoms with Crippen LogP contribution >= 0.6 is 23.1 Å². The van der Waals surface area contributed by atoms with Crippen molar-refractivity contribution in [3.05, 3.63) is 46.1 Å². The summed E-state index contributed by atoms with van der Waals surface area (Å²) in [7, 11) is 1.81. The van der Waals surface area contributed by atoms with Crippen LogP contribution in [0.3, 0.4) is 0 Å². The van der Waals surface area contributed by atoms with Crippen molar-refractivity contribution in [2.75, 3.05) is 11.1 Å². The maximum Gasteiger partial charge on any atom is 0.235 e. The second kappa shape index (κ2) is 9.88. The Balaban J connectivity index is 1.43. The zero-order valence-corrected chi connectivity index (χ0v) is 21.4. The first kappa shape index (κ1) is 24.4. The van der Waals surface area contributed by atoms with Gasteiger partial charge in [0.2, 0.25) is 5.91 Å². The monoisotopic (exact) mass is 497 g/mol. The van der Waals surface area contributed by atoms with Crippen LogP contribution in [-0.4, -0.2) is 26.4 Å². The third-order valence-corrected chi connectivity index (χ3v) is 9.11. The Morgan fingerprint density at radius 2 is 2.09 bits per heavy atom. The highest BCUT2D eigenvalue weighted by Gasteiger charge is 2.34. The van der Waals surface area contributed by atoms with Crippen molar-refractivity contribution < 1.29 is 9.18 Å². The molecule has 6 nitrogen and oxygen atoms in total. The first-order chi connectivity index (χ1) is 16.2. The normalized spacial score (nSPS) is 15.6. The number of rotatable bonds is 7. The summed E-state index contributed by atoms with van der Waals surface area (Å²) in [5.74, 6) is 0.838. The summed E-state index contributed by atoms with van der Waals surface area (Å²) in [6.07, 6.45) is 4.05. The predicted octanol–water partition coefficient (Wildman–Crippen LogP) is 5.83. The molecule has 34 heavy (non-hydrogen) atoms. The molecule has 1 aliphatic carbocycles. The third kappa shape index (κ3) is 4.89. The molecule has 4 rings (SSSR count). The van der Waals surface area contributed by atoms with Gasteiger partial charge in [-0.1, -0.05) is 39.0 Å². The topological polar surface area (TPSA) is 83.6 Å². The lowest BCUT2D eigenvalue weighted by Crippen LogP contribution is -2.28. The van der Waals surface area contributed by atoms with E-state index in [0.29, 0.717) is 27.5 Å². The Hall–Kier alpha value is -2.70. The van der Waals surface area contributed by atoms with Crippen LogP contribution in [0.15, 0.2) is 29.4 Å². The summed E-state index contributed by atoms with van der Waals surface area (Å²) in [5, 5.41) is 22.3. The molecule has 1 amide bonds. The number of fused-ring (bicyclic) bond motifs is 1. The number of thioether (sulfide) groups is 1. The Labute approximate surface area is 207 Å². The number of amides is 1. The Kier molecular flexibility index (Phi) is 7.10. The van der Waals surface area contributed by atoms with Crippen LogP contribution in [0.5, 0.6) is 0 Å². The highest BCUT2D eigenvalue weighted by molar-refractivity contribution is 7.99. The molecule has 178 valence electrons. The molecule has 1 atom stereocenters. The van der Waals surface area contributed by atoms with E-state index < -0.39 is 0 Å². The van der Waals surface area contributed by atoms with Crippen molar-refractivity contribution in [2.24, 2.45) is 18.4 Å². The smallest absolute Gasteiger partial charge is 0.235 e. The van der Waals surface area contributed by atoms with E-state index in [1.165, 1.54) is 28.8 Å². The molecule has 0 saturated carbocycles. The first-order valence-electron chi connectivity index (χ1n) is 11.4. The molecule has 0 radical (unpaired) electrons. The van der Waals surface area contributed by atoms with Gasteiger partial charge in [-0.2, -0.15) is 5.26 Å². The maximum absolute atomic E-state index is 13.2. The molecule has 0 fully saturated rings. The van der Waals surface area contributed by atoms with Gasteiger partial charge >= 0.3 is 0 Å². The van der Waals surface area contributed by atoms with Crippen molar-refractivity contribution in [1.82, 2.24) is 14.8 Å². The lowest BCUT2D eigenvalue weighted by atomic mass is 9.69. The zero-order chi connectivity index (χ0) is 24.5. The molecule has 2 aromatic heterocycles. The number of aromatic nitrogens is 3. The van der Waals surface area contributed by atoms with E-state index >= 15 is 0 Å². The largest absolute Gasteiger partial charge is 0.316 e. The standard InChI is InChI=1S/C25H28FN5OS2/c1-5-25(2,3)16-8-11-18-19(13-27)23(34-20(18)12-16)28-21(32)14-33-24-30-29-22(31(24)4)15-6-9-17(26)10-7-15/h6-7,9-10,16H,5,8,11-12,14H2,1-4H3,(H,28,32). The number of carbonyl (C=O) groups excluding carboxylic acids is 1. The average molecular weight is 498 g/mol. The molecule has 1 aromatic carbocycles. The Bertz CT molecular complexity index is 1240. The van der Waals surface area contributed by atoms with Crippen LogP contribution in [0.2, 0.25) is 0 Å². The second-order valence-electron chi connectivity index (χ2n) is 9.31. The van der Waals surface area contributed by atoms with E-state index in [1.807, 2.05) is 7.05 Å². The summed E-state index contributed by atoms with van der Waals surface area (Å²) < 4.78 is 15.0. The highest BCUT2D eigenvalue weighted by Crippen LogP contribution is 2.45. The summed E-state index contributed by atoms with van der Waals surface area (Å²) in [5.41, 5.74) is 2.73. The fraction of sp³-hybridized carbons (Fsp3) is 0.440. The van der Waals surface area contributed by atoms with Crippen molar-refractivity contribution in [3.8, 4) is 17.5 Å². The molecule has 0 aliphatic heterocycles. The van der Waals surface area contributed by atoms with Crippen LogP contribution < -0.4 is 5.32 Å². The van der Waals surface area contributed by atoms with E-state index in [9.17, 15) is 14.4 Å². The van der Waals surface area contributed by atoms with Gasteiger partial charge in [0.25, 0.3) is 0 Å². The van der Waals surface area contributed by atoms with E-state index in [-0.39, 0.29) is 22.9 Å². The zero-order valence-electron chi connectivity index (χ0n) is 19.8. The van der Waals surface area contributed by atoms with Crippen LogP contribution in [0.1, 0.15) is 49.6 Å². The molecule has 0 saturated heterocycles. The number of benzene rings is 1. The molecule has 1 unspecified atom stereocenters. The number of nitrogens with zero attached hydrogens (tertiary/aromatic N) is 4. The SMILES string of the molecule is CCC(C)(C)C1CCc2c(sc(NC(=O)CSc3nnc(-c4ccc(F)cc4)n3C)c2C#N)C1. The lowest BCUT2D eigenvalue weighted by Gasteiger charge is -2.36. The quantitative estimate of drug-likeness (QED) is 0.416. The van der Waals surface area contributed by atoms with Crippen molar-refractivity contribution in [3.63, 3.8) is 0 Å². The van der Waals surface area contributed by atoms with E-state index in [4.69, 9.17) is 0 Å². The van der Waals surface area contributed by atoms with Gasteiger partial charge in [-0.05, 0) is 60.4 Å². The van der Waals surface area contributed by atoms with Gasteiger partial charge in [0.15, 0.2) is 11.0 Å². The number of nitriles is 1. The summed E-state index contributed by atoms with van der Waals surface area (Å²) in [6.45, 7) is 6.86. The third-order valence-electron chi connectivity index (χ3n) is 6.92. The average Bonchev–Trinajstić information content (AvgIpc) is 3.36. The number of carbonyl (C=O) groups is 1. The summed E-state index contributed by atoms with van der Waals surface area (Å²) in [4.78, 5) is 14.0. The molecule has 9 heteroatoms. The van der Waals surface area contributed by atoms with Gasteiger partial charge < -0.3 is 9.88 Å². The van der Waals surface area contributed by atoms with Crippen LogP contribution in [0.25, 0.3) is 11.4 Å². The van der Waals surface area contributed by atoms with Crippen LogP contribution in [-0.2, 0) is 24.7 Å². The van der Waals surface area contributed by atoms with Gasteiger partial charge in [-0.15, -0.1) is 21.5 Å². The fourth-order valence-electron chi connectivity index (χ4n) is 4.33. The molecular weight excluding hydrogens is 469 g/mol. The minimum atomic E-state index is -0.311. The highest BCUT2D eigenvalue weighted by atomic mass is 32.2. The first-order valence-corrected chi connectivity index (χ1v) is 13.2. The van der Waals surface area contributed by atoms with Gasteiger partial charge in [-0.25, -0.2) is 4.39 Å². The minimum absolute atomic E-state index is 0.147. The summed E-state index contributed by atoms with van der Waals surface area (Å²) in [6, 6.07) is 8.37. The molecular formula is C25H28FN5OS2. The van der Waals surface area contributed by atoms with Gasteiger partial charge in [0, 0.05) is 17.5 Å². The summed E-state index contributed by atoms with van der Waals surface area (Å²) >= 11 is 2.82. The van der Waals surface area contributed by atoms with Crippen LogP contribution in [0, 0.1) is 28.5 Å². The van der Waals surface area contributed by atoms with E-state index in [2.05, 4.69) is 42.4 Å². The number of anilines is 1. The molecule has 0 spiro atoms. The van der Waals surface area contributed by atoms with Crippen molar-refractivity contribution in [2.45, 2.75) is 51.6 Å². The number of hydrogen-bond acceptors (Lipinski definition) is 6. The van der Waals surface area contributed by atoms with Crippen LogP contribution in [0.4, 0.5) is 9.39 Å². The van der Waals surface area contributed by atoms with Gasteiger partial charge in [0.05, 0.1) is 11.3 Å². The number of thiophene rings is 1. The van der Waals surface area contributed by atoms with E-state index in [1.54, 1.807) is 28.0 Å². The number of nitrogens with one attached hydrogen (secondary N) is 1. The van der Waals surface area contributed by atoms with Crippen molar-refractivity contribution in [1.29, 1.82) is 5.26 Å². The molecule has 2 heterocycles. The molecule has 3 aromatic rings. The Morgan fingerprint density at radius 1 is 1.35 bits per heavy atom. The molecule has 1 aliphatic rings. The molecule has 0 bridgehead atoms. The number of hydrogen-bond donors (Lipinski definition) is 1. The molecule has 1 N–H and O–H groups in total. The lowest BCUT2D eigenvalue weighted by molar-refractivity contribution is -0.113. The minimum Gasteiger partial charge on any atom is -0.316 e. The second-order valence-corrected chi connectivity index (χ2v) is 11.4. The van der Waals surface area contributed by atoms with Gasteiger partial charge in [0.1, 0.15) is 16.9 Å².